The quantitative estimate of drug-likeness (QED) is 0.700. The van der Waals surface area contributed by atoms with Gasteiger partial charge in [-0.25, -0.2) is 4.79 Å². The first-order valence-electron chi connectivity index (χ1n) is 7.98. The van der Waals surface area contributed by atoms with E-state index in [0.717, 1.165) is 11.1 Å². The number of nitrogens with one attached hydrogen (secondary N) is 2. The Balaban J connectivity index is 1.71. The number of carbonyl (C=O) groups excluding carboxylic acids is 1. The maximum atomic E-state index is 12.2. The molecule has 4 nitrogen and oxygen atoms in total. The fourth-order valence-electron chi connectivity index (χ4n) is 2.62. The molecule has 0 aliphatic rings. The summed E-state index contributed by atoms with van der Waals surface area (Å²) in [6.07, 6.45) is 3.56. The highest BCUT2D eigenvalue weighted by Crippen LogP contribution is 2.23. The molecule has 2 N–H and O–H groups in total. The monoisotopic (exact) mass is 351 g/mol. The van der Waals surface area contributed by atoms with Gasteiger partial charge < -0.3 is 10.6 Å². The first kappa shape index (κ1) is 17.0. The lowest BCUT2D eigenvalue weighted by Gasteiger charge is -2.19. The van der Waals surface area contributed by atoms with Gasteiger partial charge in [0.2, 0.25) is 0 Å². The van der Waals surface area contributed by atoms with Crippen molar-refractivity contribution in [3.63, 3.8) is 0 Å². The number of urea groups is 1. The average molecular weight is 352 g/mol. The number of amides is 2. The molecule has 0 aliphatic heterocycles. The third kappa shape index (κ3) is 4.58. The molecule has 126 valence electrons. The third-order valence-corrected chi connectivity index (χ3v) is 4.21. The van der Waals surface area contributed by atoms with Crippen molar-refractivity contribution in [3.05, 3.63) is 95.3 Å². The van der Waals surface area contributed by atoms with Gasteiger partial charge in [-0.2, -0.15) is 0 Å². The Bertz CT molecular complexity index is 785. The van der Waals surface area contributed by atoms with Crippen LogP contribution in [0.5, 0.6) is 0 Å². The Hall–Kier alpha value is -2.85. The minimum Gasteiger partial charge on any atom is -0.337 e. The van der Waals surface area contributed by atoms with E-state index in [9.17, 15) is 4.79 Å². The van der Waals surface area contributed by atoms with Gasteiger partial charge >= 0.3 is 6.03 Å². The predicted molar refractivity (Wildman–Crippen MR) is 101 cm³/mol. The van der Waals surface area contributed by atoms with Crippen LogP contribution in [0.2, 0.25) is 5.02 Å². The van der Waals surface area contributed by atoms with E-state index in [4.69, 9.17) is 11.6 Å². The van der Waals surface area contributed by atoms with Crippen molar-refractivity contribution >= 4 is 23.3 Å². The lowest BCUT2D eigenvalue weighted by atomic mass is 9.92. The molecule has 3 rings (SSSR count). The van der Waals surface area contributed by atoms with Gasteiger partial charge in [0.15, 0.2) is 0 Å². The number of hydrogen-bond acceptors (Lipinski definition) is 2. The van der Waals surface area contributed by atoms with Crippen LogP contribution in [0.4, 0.5) is 10.5 Å². The van der Waals surface area contributed by atoms with Crippen LogP contribution in [0, 0.1) is 0 Å². The van der Waals surface area contributed by atoms with E-state index >= 15 is 0 Å². The number of rotatable bonds is 5. The standard InChI is InChI=1S/C20H18ClN3O/c21-18-10-4-5-11-19(18)24-20(25)23-14-17(15-7-2-1-3-8-15)16-9-6-12-22-13-16/h1-13,17H,14H2,(H2,23,24,25). The highest BCUT2D eigenvalue weighted by molar-refractivity contribution is 6.33. The second kappa shape index (κ2) is 8.31. The average Bonchev–Trinajstić information content (AvgIpc) is 2.66. The lowest BCUT2D eigenvalue weighted by Crippen LogP contribution is -2.32. The first-order chi connectivity index (χ1) is 12.2. The van der Waals surface area contributed by atoms with Crippen molar-refractivity contribution in [1.29, 1.82) is 0 Å². The van der Waals surface area contributed by atoms with Crippen LogP contribution >= 0.6 is 11.6 Å². The molecule has 1 aromatic heterocycles. The summed E-state index contributed by atoms with van der Waals surface area (Å²) in [5.41, 5.74) is 2.75. The van der Waals surface area contributed by atoms with Gasteiger partial charge in [0.05, 0.1) is 10.7 Å². The van der Waals surface area contributed by atoms with E-state index < -0.39 is 0 Å². The lowest BCUT2D eigenvalue weighted by molar-refractivity contribution is 0.252. The number of benzene rings is 2. The molecule has 25 heavy (non-hydrogen) atoms. The summed E-state index contributed by atoms with van der Waals surface area (Å²) in [6.45, 7) is 0.450. The van der Waals surface area contributed by atoms with Gasteiger partial charge in [-0.3, -0.25) is 4.98 Å². The SMILES string of the molecule is O=C(NCC(c1ccccc1)c1cccnc1)Nc1ccccc1Cl. The van der Waals surface area contributed by atoms with Gasteiger partial charge in [0, 0.05) is 24.9 Å². The molecule has 0 saturated carbocycles. The summed E-state index contributed by atoms with van der Waals surface area (Å²) >= 11 is 6.07. The molecule has 5 heteroatoms. The van der Waals surface area contributed by atoms with Gasteiger partial charge in [-0.1, -0.05) is 60.1 Å². The fraction of sp³-hybridized carbons (Fsp3) is 0.100. The number of aromatic nitrogens is 1. The van der Waals surface area contributed by atoms with Crippen molar-refractivity contribution in [2.45, 2.75) is 5.92 Å². The summed E-state index contributed by atoms with van der Waals surface area (Å²) in [6, 6.07) is 20.8. The number of hydrogen-bond donors (Lipinski definition) is 2. The zero-order valence-corrected chi connectivity index (χ0v) is 14.3. The van der Waals surface area contributed by atoms with Gasteiger partial charge in [-0.05, 0) is 29.3 Å². The number of nitrogens with zero attached hydrogens (tertiary/aromatic N) is 1. The van der Waals surface area contributed by atoms with Crippen molar-refractivity contribution in [1.82, 2.24) is 10.3 Å². The number of para-hydroxylation sites is 1. The topological polar surface area (TPSA) is 54.0 Å². The van der Waals surface area contributed by atoms with Crippen LogP contribution in [0.25, 0.3) is 0 Å². The molecule has 1 unspecified atom stereocenters. The van der Waals surface area contributed by atoms with Gasteiger partial charge in [-0.15, -0.1) is 0 Å². The van der Waals surface area contributed by atoms with E-state index in [2.05, 4.69) is 15.6 Å². The summed E-state index contributed by atoms with van der Waals surface area (Å²) in [5.74, 6) is 0.0203. The molecule has 1 atom stereocenters. The normalized spacial score (nSPS) is 11.6. The largest absolute Gasteiger partial charge is 0.337 e. The molecule has 0 spiro atoms. The van der Waals surface area contributed by atoms with E-state index in [1.807, 2.05) is 60.8 Å². The maximum absolute atomic E-state index is 12.2. The van der Waals surface area contributed by atoms with Crippen LogP contribution in [0.1, 0.15) is 17.0 Å². The number of carbonyl (C=O) groups is 1. The van der Waals surface area contributed by atoms with Crippen molar-refractivity contribution in [3.8, 4) is 0 Å². The van der Waals surface area contributed by atoms with Crippen LogP contribution in [0.15, 0.2) is 79.1 Å². The Morgan fingerprint density at radius 3 is 2.40 bits per heavy atom. The molecule has 1 heterocycles. The van der Waals surface area contributed by atoms with Crippen LogP contribution < -0.4 is 10.6 Å². The summed E-state index contributed by atoms with van der Waals surface area (Å²) in [5, 5.41) is 6.19. The summed E-state index contributed by atoms with van der Waals surface area (Å²) < 4.78 is 0. The minimum atomic E-state index is -0.294. The van der Waals surface area contributed by atoms with Gasteiger partial charge in [0.1, 0.15) is 0 Å². The molecule has 0 bridgehead atoms. The molecular weight excluding hydrogens is 334 g/mol. The van der Waals surface area contributed by atoms with Crippen molar-refractivity contribution < 1.29 is 4.79 Å². The molecule has 3 aromatic rings. The molecule has 2 amide bonds. The van der Waals surface area contributed by atoms with Crippen molar-refractivity contribution in [2.24, 2.45) is 0 Å². The first-order valence-corrected chi connectivity index (χ1v) is 8.36. The molecule has 0 fully saturated rings. The molecule has 0 aliphatic carbocycles. The van der Waals surface area contributed by atoms with Gasteiger partial charge in [0.25, 0.3) is 0 Å². The van der Waals surface area contributed by atoms with Crippen LogP contribution in [-0.2, 0) is 0 Å². The Morgan fingerprint density at radius 2 is 1.68 bits per heavy atom. The zero-order chi connectivity index (χ0) is 17.5. The Morgan fingerprint density at radius 1 is 0.960 bits per heavy atom. The highest BCUT2D eigenvalue weighted by atomic mass is 35.5. The maximum Gasteiger partial charge on any atom is 0.319 e. The molecule has 0 saturated heterocycles. The van der Waals surface area contributed by atoms with E-state index in [1.165, 1.54) is 0 Å². The Labute approximate surface area is 151 Å². The third-order valence-electron chi connectivity index (χ3n) is 3.88. The van der Waals surface area contributed by atoms with Crippen molar-refractivity contribution in [2.75, 3.05) is 11.9 Å². The second-order valence-corrected chi connectivity index (χ2v) is 5.97. The second-order valence-electron chi connectivity index (χ2n) is 5.56. The van der Waals surface area contributed by atoms with E-state index in [1.54, 1.807) is 18.3 Å². The summed E-state index contributed by atoms with van der Waals surface area (Å²) in [7, 11) is 0. The zero-order valence-electron chi connectivity index (χ0n) is 13.5. The summed E-state index contributed by atoms with van der Waals surface area (Å²) in [4.78, 5) is 16.4. The predicted octanol–water partition coefficient (Wildman–Crippen LogP) is 4.69. The highest BCUT2D eigenvalue weighted by Gasteiger charge is 2.15. The number of halogens is 1. The Kier molecular flexibility index (Phi) is 5.65. The van der Waals surface area contributed by atoms with Crippen LogP contribution in [-0.4, -0.2) is 17.6 Å². The smallest absolute Gasteiger partial charge is 0.319 e. The van der Waals surface area contributed by atoms with Crippen LogP contribution in [0.3, 0.4) is 0 Å². The van der Waals surface area contributed by atoms with E-state index in [-0.39, 0.29) is 11.9 Å². The minimum absolute atomic E-state index is 0.0203. The molecular formula is C20H18ClN3O. The fourth-order valence-corrected chi connectivity index (χ4v) is 2.80. The van der Waals surface area contributed by atoms with E-state index in [0.29, 0.717) is 17.3 Å². The number of pyridine rings is 1. The number of anilines is 1. The molecule has 2 aromatic carbocycles. The molecule has 0 radical (unpaired) electrons.